The van der Waals surface area contributed by atoms with Crippen molar-refractivity contribution in [3.63, 3.8) is 0 Å². The fourth-order valence-electron chi connectivity index (χ4n) is 3.00. The molecule has 2 aromatic carbocycles. The molecule has 0 N–H and O–H groups in total. The van der Waals surface area contributed by atoms with Crippen LogP contribution in [0.5, 0.6) is 0 Å². The number of nitrogens with zero attached hydrogens (tertiary/aromatic N) is 2. The van der Waals surface area contributed by atoms with E-state index >= 15 is 0 Å². The van der Waals surface area contributed by atoms with Crippen LogP contribution < -0.4 is 8.61 Å². The number of anilines is 2. The van der Waals surface area contributed by atoms with Crippen LogP contribution >= 0.6 is 0 Å². The minimum absolute atomic E-state index is 0.229. The van der Waals surface area contributed by atoms with Crippen molar-refractivity contribution in [2.24, 2.45) is 5.92 Å². The number of carbonyl (C=O) groups is 2. The summed E-state index contributed by atoms with van der Waals surface area (Å²) in [5.41, 5.74) is 0.458. The molecule has 0 saturated carbocycles. The van der Waals surface area contributed by atoms with Crippen molar-refractivity contribution in [3.05, 3.63) is 60.7 Å². The highest BCUT2D eigenvalue weighted by Gasteiger charge is 2.50. The second-order valence-corrected chi connectivity index (χ2v) is 7.70. The van der Waals surface area contributed by atoms with Gasteiger partial charge in [-0.3, -0.25) is 9.59 Å². The number of hydrogen-bond acceptors (Lipinski definition) is 4. The van der Waals surface area contributed by atoms with Crippen LogP contribution in [-0.2, 0) is 19.8 Å². The van der Waals surface area contributed by atoms with Crippen molar-refractivity contribution in [3.8, 4) is 0 Å². The van der Waals surface area contributed by atoms with E-state index in [0.29, 0.717) is 12.8 Å². The Bertz CT molecular complexity index is 832. The molecule has 1 fully saturated rings. The third-order valence-electron chi connectivity index (χ3n) is 4.29. The lowest BCUT2D eigenvalue weighted by molar-refractivity contribution is -0.132. The highest BCUT2D eigenvalue weighted by molar-refractivity contribution is 7.95. The molecule has 6 nitrogen and oxygen atoms in total. The molecule has 0 aromatic heterocycles. The average molecular weight is 372 g/mol. The van der Waals surface area contributed by atoms with Gasteiger partial charge in [-0.05, 0) is 30.7 Å². The molecule has 2 amide bonds. The third-order valence-corrected chi connectivity index (χ3v) is 5.99. The van der Waals surface area contributed by atoms with Crippen LogP contribution in [0.4, 0.5) is 11.4 Å². The number of unbranched alkanes of at least 4 members (excludes halogenated alkanes) is 1. The van der Waals surface area contributed by atoms with Gasteiger partial charge in [0, 0.05) is 0 Å². The van der Waals surface area contributed by atoms with Crippen molar-refractivity contribution >= 4 is 33.4 Å². The van der Waals surface area contributed by atoms with Gasteiger partial charge in [-0.15, -0.1) is 0 Å². The normalized spacial score (nSPS) is 17.6. The van der Waals surface area contributed by atoms with Gasteiger partial charge in [0.15, 0.2) is 0 Å². The first-order valence-corrected chi connectivity index (χ1v) is 9.91. The van der Waals surface area contributed by atoms with Gasteiger partial charge in [0.2, 0.25) is 0 Å². The second kappa shape index (κ2) is 7.29. The fraction of sp³-hybridized carbons (Fsp3) is 0.263. The number of amides is 2. The molecule has 1 heterocycles. The summed E-state index contributed by atoms with van der Waals surface area (Å²) in [6, 6.07) is 16.3. The predicted octanol–water partition coefficient (Wildman–Crippen LogP) is 3.12. The van der Waals surface area contributed by atoms with Gasteiger partial charge in [0.1, 0.15) is 5.92 Å². The zero-order chi connectivity index (χ0) is 18.7. The maximum atomic E-state index is 13.2. The topological polar surface area (TPSA) is 74.8 Å². The highest BCUT2D eigenvalue weighted by Crippen LogP contribution is 2.34. The first-order chi connectivity index (χ1) is 12.5. The van der Waals surface area contributed by atoms with Crippen LogP contribution in [0.15, 0.2) is 60.7 Å². The summed E-state index contributed by atoms with van der Waals surface area (Å²) in [7, 11) is -4.36. The van der Waals surface area contributed by atoms with E-state index in [1.165, 1.54) is 0 Å². The Morgan fingerprint density at radius 1 is 0.808 bits per heavy atom. The van der Waals surface area contributed by atoms with Crippen molar-refractivity contribution in [2.45, 2.75) is 26.2 Å². The van der Waals surface area contributed by atoms with E-state index in [0.717, 1.165) is 15.0 Å². The van der Waals surface area contributed by atoms with Gasteiger partial charge in [-0.2, -0.15) is 17.0 Å². The Labute approximate surface area is 153 Å². The second-order valence-electron chi connectivity index (χ2n) is 6.08. The monoisotopic (exact) mass is 372 g/mol. The molecule has 2 aromatic rings. The van der Waals surface area contributed by atoms with E-state index in [1.807, 2.05) is 6.92 Å². The summed E-state index contributed by atoms with van der Waals surface area (Å²) in [5, 5.41) is 0. The lowest BCUT2D eigenvalue weighted by Gasteiger charge is -2.38. The molecule has 136 valence electrons. The SMILES string of the molecule is CCCCC1C(=O)N(c2ccccc2)S(=O)(=O)N(c2ccccc2)C1=O. The lowest BCUT2D eigenvalue weighted by Crippen LogP contribution is -2.60. The van der Waals surface area contributed by atoms with Crippen molar-refractivity contribution in [2.75, 3.05) is 8.61 Å². The summed E-state index contributed by atoms with van der Waals surface area (Å²) in [6.07, 6.45) is 1.78. The Kier molecular flexibility index (Phi) is 5.08. The zero-order valence-electron chi connectivity index (χ0n) is 14.4. The maximum Gasteiger partial charge on any atom is 0.339 e. The zero-order valence-corrected chi connectivity index (χ0v) is 15.2. The number of benzene rings is 2. The third kappa shape index (κ3) is 3.10. The minimum Gasteiger partial charge on any atom is -0.272 e. The molecule has 7 heteroatoms. The number of rotatable bonds is 5. The summed E-state index contributed by atoms with van der Waals surface area (Å²) in [4.78, 5) is 25.9. The number of hydrogen-bond donors (Lipinski definition) is 0. The smallest absolute Gasteiger partial charge is 0.272 e. The molecule has 26 heavy (non-hydrogen) atoms. The van der Waals surface area contributed by atoms with Gasteiger partial charge >= 0.3 is 10.2 Å². The van der Waals surface area contributed by atoms with E-state index in [1.54, 1.807) is 60.7 Å². The minimum atomic E-state index is -4.36. The molecule has 0 spiro atoms. The predicted molar refractivity (Wildman–Crippen MR) is 99.8 cm³/mol. The average Bonchev–Trinajstić information content (AvgIpc) is 2.63. The molecular weight excluding hydrogens is 352 g/mol. The quantitative estimate of drug-likeness (QED) is 0.756. The van der Waals surface area contributed by atoms with Crippen molar-refractivity contribution in [1.29, 1.82) is 0 Å². The maximum absolute atomic E-state index is 13.2. The summed E-state index contributed by atoms with van der Waals surface area (Å²) >= 11 is 0. The lowest BCUT2D eigenvalue weighted by atomic mass is 9.99. The fourth-order valence-corrected chi connectivity index (χ4v) is 4.65. The summed E-state index contributed by atoms with van der Waals surface area (Å²) < 4.78 is 27.8. The van der Waals surface area contributed by atoms with E-state index < -0.39 is 27.9 Å². The van der Waals surface area contributed by atoms with E-state index in [9.17, 15) is 18.0 Å². The number of carbonyl (C=O) groups excluding carboxylic acids is 2. The molecule has 1 saturated heterocycles. The van der Waals surface area contributed by atoms with Gasteiger partial charge in [-0.25, -0.2) is 0 Å². The molecule has 3 rings (SSSR count). The molecule has 1 aliphatic rings. The van der Waals surface area contributed by atoms with Crippen molar-refractivity contribution in [1.82, 2.24) is 0 Å². The first-order valence-electron chi connectivity index (χ1n) is 8.52. The van der Waals surface area contributed by atoms with Gasteiger partial charge < -0.3 is 0 Å². The summed E-state index contributed by atoms with van der Waals surface area (Å²) in [5.74, 6) is -2.40. The molecule has 0 unspecified atom stereocenters. The van der Waals surface area contributed by atoms with Crippen LogP contribution in [0.2, 0.25) is 0 Å². The Balaban J connectivity index is 2.15. The largest absolute Gasteiger partial charge is 0.339 e. The van der Waals surface area contributed by atoms with Crippen molar-refractivity contribution < 1.29 is 18.0 Å². The standard InChI is InChI=1S/C19H20N2O4S/c1-2-3-14-17-18(22)20(15-10-6-4-7-11-15)26(24,25)21(19(17)23)16-12-8-5-9-13-16/h4-13,17H,2-3,14H2,1H3. The van der Waals surface area contributed by atoms with Gasteiger partial charge in [-0.1, -0.05) is 56.2 Å². The van der Waals surface area contributed by atoms with Crippen LogP contribution in [0.1, 0.15) is 26.2 Å². The Morgan fingerprint density at radius 2 is 1.23 bits per heavy atom. The summed E-state index contributed by atoms with van der Waals surface area (Å²) in [6.45, 7) is 1.96. The van der Waals surface area contributed by atoms with E-state index in [4.69, 9.17) is 0 Å². The van der Waals surface area contributed by atoms with Gasteiger partial charge in [0.05, 0.1) is 11.4 Å². The Morgan fingerprint density at radius 3 is 1.62 bits per heavy atom. The highest BCUT2D eigenvalue weighted by atomic mass is 32.2. The molecular formula is C19H20N2O4S. The van der Waals surface area contributed by atoms with Crippen LogP contribution in [-0.4, -0.2) is 20.2 Å². The molecule has 1 aliphatic heterocycles. The van der Waals surface area contributed by atoms with E-state index in [2.05, 4.69) is 0 Å². The molecule has 0 aliphatic carbocycles. The first kappa shape index (κ1) is 18.1. The van der Waals surface area contributed by atoms with E-state index in [-0.39, 0.29) is 11.4 Å². The molecule has 0 bridgehead atoms. The van der Waals surface area contributed by atoms with Crippen LogP contribution in [0.25, 0.3) is 0 Å². The van der Waals surface area contributed by atoms with Crippen LogP contribution in [0, 0.1) is 5.92 Å². The van der Waals surface area contributed by atoms with Gasteiger partial charge in [0.25, 0.3) is 11.8 Å². The Hall–Kier alpha value is -2.67. The molecule has 0 radical (unpaired) electrons. The number of para-hydroxylation sites is 2. The molecule has 0 atom stereocenters. The van der Waals surface area contributed by atoms with Crippen LogP contribution in [0.3, 0.4) is 0 Å².